The summed E-state index contributed by atoms with van der Waals surface area (Å²) in [4.78, 5) is 0. The largest absolute Gasteiger partial charge is 0.490 e. The van der Waals surface area contributed by atoms with E-state index in [-0.39, 0.29) is 0 Å². The smallest absolute Gasteiger partial charge is 0.127 e. The van der Waals surface area contributed by atoms with Crippen molar-refractivity contribution >= 4 is 10.8 Å². The summed E-state index contributed by atoms with van der Waals surface area (Å²) in [6.07, 6.45) is 2.89. The minimum atomic E-state index is 0.469. The van der Waals surface area contributed by atoms with Gasteiger partial charge in [0.1, 0.15) is 5.75 Å². The second kappa shape index (κ2) is 3.27. The maximum atomic E-state index is 5.89. The third-order valence-corrected chi connectivity index (χ3v) is 2.92. The highest BCUT2D eigenvalue weighted by Crippen LogP contribution is 2.33. The van der Waals surface area contributed by atoms with E-state index in [2.05, 4.69) is 43.3 Å². The van der Waals surface area contributed by atoms with Gasteiger partial charge in [-0.05, 0) is 36.8 Å². The quantitative estimate of drug-likeness (QED) is 0.715. The molecule has 2 aromatic rings. The van der Waals surface area contributed by atoms with Gasteiger partial charge in [-0.1, -0.05) is 30.3 Å². The third-order valence-electron chi connectivity index (χ3n) is 2.92. The first-order valence-electron chi connectivity index (χ1n) is 5.49. The number of ether oxygens (including phenoxy) is 1. The van der Waals surface area contributed by atoms with Gasteiger partial charge in [-0.3, -0.25) is 0 Å². The van der Waals surface area contributed by atoms with E-state index in [0.717, 1.165) is 5.75 Å². The molecular weight excluding hydrogens is 184 g/mol. The van der Waals surface area contributed by atoms with Crippen LogP contribution >= 0.6 is 0 Å². The van der Waals surface area contributed by atoms with Crippen LogP contribution in [0, 0.1) is 6.92 Å². The number of hydrogen-bond acceptors (Lipinski definition) is 1. The zero-order valence-electron chi connectivity index (χ0n) is 8.86. The van der Waals surface area contributed by atoms with E-state index in [1.54, 1.807) is 0 Å². The van der Waals surface area contributed by atoms with Gasteiger partial charge in [0.15, 0.2) is 0 Å². The summed E-state index contributed by atoms with van der Waals surface area (Å²) in [5.41, 5.74) is 1.31. The molecule has 1 nitrogen and oxygen atoms in total. The Balaban J connectivity index is 2.16. The van der Waals surface area contributed by atoms with Crippen molar-refractivity contribution in [2.75, 3.05) is 0 Å². The summed E-state index contributed by atoms with van der Waals surface area (Å²) < 4.78 is 5.89. The number of fused-ring (bicyclic) bond motifs is 1. The van der Waals surface area contributed by atoms with Gasteiger partial charge >= 0.3 is 0 Å². The Morgan fingerprint density at radius 1 is 1.00 bits per heavy atom. The first kappa shape index (κ1) is 8.78. The van der Waals surface area contributed by atoms with Crippen LogP contribution in [0.5, 0.6) is 5.75 Å². The molecule has 3 rings (SSSR count). The second-order valence-electron chi connectivity index (χ2n) is 4.24. The van der Waals surface area contributed by atoms with Crippen LogP contribution in [0.15, 0.2) is 36.4 Å². The van der Waals surface area contributed by atoms with E-state index >= 15 is 0 Å². The van der Waals surface area contributed by atoms with Crippen molar-refractivity contribution in [1.82, 2.24) is 0 Å². The van der Waals surface area contributed by atoms with Crippen LogP contribution in [0.4, 0.5) is 0 Å². The minimum Gasteiger partial charge on any atom is -0.490 e. The number of hydrogen-bond donors (Lipinski definition) is 0. The van der Waals surface area contributed by atoms with Gasteiger partial charge in [0.2, 0.25) is 0 Å². The van der Waals surface area contributed by atoms with Crippen molar-refractivity contribution in [3.05, 3.63) is 42.0 Å². The van der Waals surface area contributed by atoms with Gasteiger partial charge in [0.25, 0.3) is 0 Å². The van der Waals surface area contributed by atoms with Gasteiger partial charge in [-0.2, -0.15) is 0 Å². The lowest BCUT2D eigenvalue weighted by atomic mass is 10.1. The maximum Gasteiger partial charge on any atom is 0.127 e. The Hall–Kier alpha value is -1.50. The standard InChI is InChI=1S/C14H14O/c1-10-6-9-14(15-11-7-8-11)13-5-3-2-4-12(10)13/h2-6,9,11H,7-8H2,1H3. The lowest BCUT2D eigenvalue weighted by molar-refractivity contribution is 0.307. The summed E-state index contributed by atoms with van der Waals surface area (Å²) in [5.74, 6) is 1.04. The Morgan fingerprint density at radius 2 is 1.73 bits per heavy atom. The fraction of sp³-hybridized carbons (Fsp3) is 0.286. The molecule has 1 fully saturated rings. The molecule has 0 saturated heterocycles. The molecule has 0 atom stereocenters. The topological polar surface area (TPSA) is 9.23 Å². The van der Waals surface area contributed by atoms with E-state index in [0.29, 0.717) is 6.10 Å². The third kappa shape index (κ3) is 1.58. The summed E-state index contributed by atoms with van der Waals surface area (Å²) in [7, 11) is 0. The number of rotatable bonds is 2. The van der Waals surface area contributed by atoms with Gasteiger partial charge in [0, 0.05) is 5.39 Å². The monoisotopic (exact) mass is 198 g/mol. The van der Waals surface area contributed by atoms with E-state index < -0.39 is 0 Å². The van der Waals surface area contributed by atoms with Crippen LogP contribution in [0.3, 0.4) is 0 Å². The second-order valence-corrected chi connectivity index (χ2v) is 4.24. The molecule has 0 heterocycles. The highest BCUT2D eigenvalue weighted by Gasteiger charge is 2.24. The minimum absolute atomic E-state index is 0.469. The molecular formula is C14H14O. The number of aryl methyl sites for hydroxylation is 1. The van der Waals surface area contributed by atoms with E-state index in [1.807, 2.05) is 0 Å². The molecule has 1 aliphatic rings. The van der Waals surface area contributed by atoms with Crippen molar-refractivity contribution in [3.8, 4) is 5.75 Å². The van der Waals surface area contributed by atoms with Crippen LogP contribution in [-0.4, -0.2) is 6.10 Å². The molecule has 0 radical (unpaired) electrons. The van der Waals surface area contributed by atoms with Crippen LogP contribution in [0.25, 0.3) is 10.8 Å². The van der Waals surface area contributed by atoms with Gasteiger partial charge in [0.05, 0.1) is 6.10 Å². The SMILES string of the molecule is Cc1ccc(OC2CC2)c2ccccc12. The fourth-order valence-electron chi connectivity index (χ4n) is 1.89. The highest BCUT2D eigenvalue weighted by molar-refractivity contribution is 5.90. The lowest BCUT2D eigenvalue weighted by Crippen LogP contribution is -1.96. The molecule has 76 valence electrons. The van der Waals surface area contributed by atoms with Crippen LogP contribution < -0.4 is 4.74 Å². The Labute approximate surface area is 89.7 Å². The van der Waals surface area contributed by atoms with Crippen molar-refractivity contribution in [3.63, 3.8) is 0 Å². The van der Waals surface area contributed by atoms with Gasteiger partial charge in [-0.25, -0.2) is 0 Å². The zero-order chi connectivity index (χ0) is 10.3. The van der Waals surface area contributed by atoms with Crippen LogP contribution in [0.2, 0.25) is 0 Å². The lowest BCUT2D eigenvalue weighted by Gasteiger charge is -2.09. The molecule has 1 aliphatic carbocycles. The van der Waals surface area contributed by atoms with Crippen molar-refractivity contribution < 1.29 is 4.74 Å². The summed E-state index contributed by atoms with van der Waals surface area (Å²) in [6, 6.07) is 12.7. The summed E-state index contributed by atoms with van der Waals surface area (Å²) in [6.45, 7) is 2.14. The Morgan fingerprint density at radius 3 is 2.47 bits per heavy atom. The molecule has 0 aliphatic heterocycles. The predicted molar refractivity (Wildman–Crippen MR) is 62.3 cm³/mol. The zero-order valence-corrected chi connectivity index (χ0v) is 8.86. The molecule has 2 aromatic carbocycles. The maximum absolute atomic E-state index is 5.89. The first-order valence-corrected chi connectivity index (χ1v) is 5.49. The average molecular weight is 198 g/mol. The van der Waals surface area contributed by atoms with Gasteiger partial charge < -0.3 is 4.74 Å². The Kier molecular flexibility index (Phi) is 1.91. The van der Waals surface area contributed by atoms with Crippen LogP contribution in [0.1, 0.15) is 18.4 Å². The molecule has 15 heavy (non-hydrogen) atoms. The van der Waals surface area contributed by atoms with E-state index in [9.17, 15) is 0 Å². The molecule has 0 spiro atoms. The van der Waals surface area contributed by atoms with Crippen molar-refractivity contribution in [2.24, 2.45) is 0 Å². The summed E-state index contributed by atoms with van der Waals surface area (Å²) in [5, 5.41) is 2.54. The summed E-state index contributed by atoms with van der Waals surface area (Å²) >= 11 is 0. The molecule has 1 saturated carbocycles. The first-order chi connectivity index (χ1) is 7.34. The van der Waals surface area contributed by atoms with Gasteiger partial charge in [-0.15, -0.1) is 0 Å². The molecule has 0 aromatic heterocycles. The number of benzene rings is 2. The van der Waals surface area contributed by atoms with E-state index in [1.165, 1.54) is 29.2 Å². The van der Waals surface area contributed by atoms with Crippen molar-refractivity contribution in [2.45, 2.75) is 25.9 Å². The van der Waals surface area contributed by atoms with E-state index in [4.69, 9.17) is 4.74 Å². The fourth-order valence-corrected chi connectivity index (χ4v) is 1.89. The normalized spacial score (nSPS) is 15.5. The highest BCUT2D eigenvalue weighted by atomic mass is 16.5. The molecule has 0 bridgehead atoms. The van der Waals surface area contributed by atoms with Crippen molar-refractivity contribution in [1.29, 1.82) is 0 Å². The molecule has 0 unspecified atom stereocenters. The predicted octanol–water partition coefficient (Wildman–Crippen LogP) is 3.69. The molecule has 0 N–H and O–H groups in total. The Bertz CT molecular complexity index is 498. The van der Waals surface area contributed by atoms with Crippen LogP contribution in [-0.2, 0) is 0 Å². The molecule has 1 heteroatoms. The average Bonchev–Trinajstić information content (AvgIpc) is 3.07. The molecule has 0 amide bonds.